The van der Waals surface area contributed by atoms with Crippen molar-refractivity contribution in [1.82, 2.24) is 14.5 Å². The predicted octanol–water partition coefficient (Wildman–Crippen LogP) is 4.05. The van der Waals surface area contributed by atoms with Crippen LogP contribution in [0.4, 0.5) is 0 Å². The number of aromatic nitrogens is 2. The number of carbonyl (C=O) groups is 1. The molecule has 0 radical (unpaired) electrons. The van der Waals surface area contributed by atoms with E-state index in [0.29, 0.717) is 46.6 Å². The maximum absolute atomic E-state index is 13.9. The highest BCUT2D eigenvalue weighted by molar-refractivity contribution is 5.97. The summed E-state index contributed by atoms with van der Waals surface area (Å²) in [5.74, 6) is 0.275. The minimum absolute atomic E-state index is 0.0363. The highest BCUT2D eigenvalue weighted by atomic mass is 16.5. The number of hydrogen-bond donors (Lipinski definition) is 1. The Morgan fingerprint density at radius 1 is 0.925 bits per heavy atom. The molecule has 8 heteroatoms. The van der Waals surface area contributed by atoms with Gasteiger partial charge in [-0.05, 0) is 66.1 Å². The van der Waals surface area contributed by atoms with E-state index in [1.54, 1.807) is 66.7 Å². The number of ether oxygens (including phenoxy) is 1. The normalized spacial score (nSPS) is 10.7. The highest BCUT2D eigenvalue weighted by Gasteiger charge is 2.18. The van der Waals surface area contributed by atoms with Gasteiger partial charge in [0.2, 0.25) is 0 Å². The monoisotopic (exact) mass is 530 g/mol. The first-order chi connectivity index (χ1) is 19.5. The molecule has 40 heavy (non-hydrogen) atoms. The van der Waals surface area contributed by atoms with Gasteiger partial charge in [-0.1, -0.05) is 48.5 Å². The van der Waals surface area contributed by atoms with Crippen LogP contribution in [0.3, 0.4) is 0 Å². The van der Waals surface area contributed by atoms with Crippen LogP contribution in [0.2, 0.25) is 0 Å². The van der Waals surface area contributed by atoms with E-state index in [-0.39, 0.29) is 17.8 Å². The lowest BCUT2D eigenvalue weighted by atomic mass is 10.1. The summed E-state index contributed by atoms with van der Waals surface area (Å²) in [6.45, 7) is 0.469. The molecule has 0 aliphatic heterocycles. The molecular weight excluding hydrogens is 504 g/mol. The van der Waals surface area contributed by atoms with Gasteiger partial charge < -0.3 is 10.1 Å². The van der Waals surface area contributed by atoms with Crippen LogP contribution in [0.5, 0.6) is 5.75 Å². The summed E-state index contributed by atoms with van der Waals surface area (Å²) in [4.78, 5) is 40.5. The molecule has 0 aliphatic rings. The Morgan fingerprint density at radius 3 is 2.38 bits per heavy atom. The van der Waals surface area contributed by atoms with E-state index in [0.717, 1.165) is 10.1 Å². The molecule has 5 aromatic rings. The van der Waals surface area contributed by atoms with E-state index in [4.69, 9.17) is 4.74 Å². The summed E-state index contributed by atoms with van der Waals surface area (Å²) >= 11 is 0. The zero-order chi connectivity index (χ0) is 28.1. The third-order valence-corrected chi connectivity index (χ3v) is 6.75. The lowest BCUT2D eigenvalue weighted by molar-refractivity contribution is 0.0954. The van der Waals surface area contributed by atoms with E-state index >= 15 is 0 Å². The fourth-order valence-electron chi connectivity index (χ4n) is 4.62. The Bertz CT molecular complexity index is 1850. The quantitative estimate of drug-likeness (QED) is 0.326. The predicted molar refractivity (Wildman–Crippen MR) is 153 cm³/mol. The molecule has 8 nitrogen and oxygen atoms in total. The molecule has 0 fully saturated rings. The summed E-state index contributed by atoms with van der Waals surface area (Å²) in [5, 5.41) is 12.8. The van der Waals surface area contributed by atoms with Gasteiger partial charge in [0, 0.05) is 12.1 Å². The standard InChI is InChI=1S/C32H26N4O4/c1-40-27-14-12-26(13-15-27)36-31(38)28-16-11-23(30(37)34-18-17-22-7-3-2-4-8-22)19-29(28)35(32(36)39)21-25-10-6-5-9-24(25)20-33/h2-16,19H,17-18,21H2,1H3,(H,34,37). The van der Waals surface area contributed by atoms with E-state index in [1.807, 2.05) is 30.3 Å². The first kappa shape index (κ1) is 26.2. The average molecular weight is 531 g/mol. The largest absolute Gasteiger partial charge is 0.497 e. The van der Waals surface area contributed by atoms with Gasteiger partial charge in [0.05, 0.1) is 41.9 Å². The maximum atomic E-state index is 13.9. The number of nitrogens with zero attached hydrogens (tertiary/aromatic N) is 3. The molecule has 0 aliphatic carbocycles. The summed E-state index contributed by atoms with van der Waals surface area (Å²) in [6, 6.07) is 30.3. The van der Waals surface area contributed by atoms with Crippen molar-refractivity contribution in [2.75, 3.05) is 13.7 Å². The minimum atomic E-state index is -0.586. The zero-order valence-electron chi connectivity index (χ0n) is 21.8. The molecule has 1 aromatic heterocycles. The molecule has 198 valence electrons. The number of carbonyl (C=O) groups excluding carboxylic acids is 1. The average Bonchev–Trinajstić information content (AvgIpc) is 3.00. The first-order valence-corrected chi connectivity index (χ1v) is 12.7. The van der Waals surface area contributed by atoms with Crippen molar-refractivity contribution in [1.29, 1.82) is 5.26 Å². The second-order valence-corrected chi connectivity index (χ2v) is 9.20. The molecule has 0 bridgehead atoms. The van der Waals surface area contributed by atoms with Crippen LogP contribution >= 0.6 is 0 Å². The Morgan fingerprint density at radius 2 is 1.65 bits per heavy atom. The molecule has 0 atom stereocenters. The van der Waals surface area contributed by atoms with Gasteiger partial charge in [-0.3, -0.25) is 14.2 Å². The van der Waals surface area contributed by atoms with E-state index < -0.39 is 11.2 Å². The van der Waals surface area contributed by atoms with Gasteiger partial charge in [-0.25, -0.2) is 9.36 Å². The van der Waals surface area contributed by atoms with Gasteiger partial charge in [0.15, 0.2) is 0 Å². The summed E-state index contributed by atoms with van der Waals surface area (Å²) < 4.78 is 7.74. The molecule has 0 saturated carbocycles. The number of rotatable bonds is 8. The van der Waals surface area contributed by atoms with Gasteiger partial charge >= 0.3 is 5.69 Å². The van der Waals surface area contributed by atoms with Crippen LogP contribution in [-0.4, -0.2) is 28.7 Å². The van der Waals surface area contributed by atoms with Crippen molar-refractivity contribution >= 4 is 16.8 Å². The van der Waals surface area contributed by atoms with Crippen LogP contribution in [0, 0.1) is 11.3 Å². The fourth-order valence-corrected chi connectivity index (χ4v) is 4.62. The number of hydrogen-bond acceptors (Lipinski definition) is 5. The number of benzene rings is 4. The summed E-state index contributed by atoms with van der Waals surface area (Å²) in [5.41, 5.74) is 2.05. The van der Waals surface area contributed by atoms with Gasteiger partial charge in [0.25, 0.3) is 11.5 Å². The molecule has 0 saturated heterocycles. The number of nitriles is 1. The van der Waals surface area contributed by atoms with Gasteiger partial charge in [-0.2, -0.15) is 5.26 Å². The van der Waals surface area contributed by atoms with Crippen LogP contribution < -0.4 is 21.3 Å². The Balaban J connectivity index is 1.60. The van der Waals surface area contributed by atoms with Crippen LogP contribution in [0.15, 0.2) is 107 Å². The maximum Gasteiger partial charge on any atom is 0.336 e. The van der Waals surface area contributed by atoms with E-state index in [1.165, 1.54) is 11.7 Å². The Hall–Kier alpha value is -5.42. The Labute approximate surface area is 230 Å². The third kappa shape index (κ3) is 5.26. The minimum Gasteiger partial charge on any atom is -0.497 e. The van der Waals surface area contributed by atoms with Crippen molar-refractivity contribution in [3.8, 4) is 17.5 Å². The molecule has 1 N–H and O–H groups in total. The van der Waals surface area contributed by atoms with Crippen molar-refractivity contribution in [3.63, 3.8) is 0 Å². The van der Waals surface area contributed by atoms with Crippen LogP contribution in [0.25, 0.3) is 16.6 Å². The fraction of sp³-hybridized carbons (Fsp3) is 0.125. The van der Waals surface area contributed by atoms with Crippen molar-refractivity contribution in [2.45, 2.75) is 13.0 Å². The van der Waals surface area contributed by atoms with E-state index in [9.17, 15) is 19.6 Å². The number of amides is 1. The molecule has 0 unspecified atom stereocenters. The van der Waals surface area contributed by atoms with Gasteiger partial charge in [-0.15, -0.1) is 0 Å². The van der Waals surface area contributed by atoms with Crippen molar-refractivity contribution in [2.24, 2.45) is 0 Å². The molecular formula is C32H26N4O4. The van der Waals surface area contributed by atoms with E-state index in [2.05, 4.69) is 11.4 Å². The molecule has 1 amide bonds. The van der Waals surface area contributed by atoms with Crippen molar-refractivity contribution in [3.05, 3.63) is 140 Å². The molecule has 4 aromatic carbocycles. The smallest absolute Gasteiger partial charge is 0.336 e. The summed E-state index contributed by atoms with van der Waals surface area (Å²) in [6.07, 6.45) is 0.669. The molecule has 5 rings (SSSR count). The highest BCUT2D eigenvalue weighted by Crippen LogP contribution is 2.18. The SMILES string of the molecule is COc1ccc(-n2c(=O)c3ccc(C(=O)NCCc4ccccc4)cc3n(Cc3ccccc3C#N)c2=O)cc1. The lowest BCUT2D eigenvalue weighted by Gasteiger charge is -2.16. The van der Waals surface area contributed by atoms with Crippen molar-refractivity contribution < 1.29 is 9.53 Å². The molecule has 1 heterocycles. The van der Waals surface area contributed by atoms with Crippen LogP contribution in [-0.2, 0) is 13.0 Å². The first-order valence-electron chi connectivity index (χ1n) is 12.7. The number of nitrogens with one attached hydrogen (secondary N) is 1. The molecule has 0 spiro atoms. The Kier molecular flexibility index (Phi) is 7.56. The number of methoxy groups -OCH3 is 1. The number of fused-ring (bicyclic) bond motifs is 1. The topological polar surface area (TPSA) is 106 Å². The summed E-state index contributed by atoms with van der Waals surface area (Å²) in [7, 11) is 1.53. The second kappa shape index (κ2) is 11.5. The van der Waals surface area contributed by atoms with Crippen LogP contribution in [0.1, 0.15) is 27.0 Å². The second-order valence-electron chi connectivity index (χ2n) is 9.20. The zero-order valence-corrected chi connectivity index (χ0v) is 21.8. The lowest BCUT2D eigenvalue weighted by Crippen LogP contribution is -2.39. The van der Waals surface area contributed by atoms with Gasteiger partial charge in [0.1, 0.15) is 5.75 Å². The third-order valence-electron chi connectivity index (χ3n) is 6.75.